The van der Waals surface area contributed by atoms with Crippen molar-refractivity contribution in [2.45, 2.75) is 47.1 Å². The Balaban J connectivity index is 2.61. The van der Waals surface area contributed by atoms with Crippen LogP contribution in [0, 0.1) is 11.3 Å². The van der Waals surface area contributed by atoms with Gasteiger partial charge in [-0.25, -0.2) is 0 Å². The average molecular weight is 256 g/mol. The Hall–Kier alpha value is -0.120. The van der Waals surface area contributed by atoms with Gasteiger partial charge >= 0.3 is 0 Å². The molecule has 1 aliphatic rings. The summed E-state index contributed by atoms with van der Waals surface area (Å²) in [5.41, 5.74) is 0.329. The van der Waals surface area contributed by atoms with Gasteiger partial charge in [0.05, 0.1) is 6.61 Å². The fourth-order valence-corrected chi connectivity index (χ4v) is 2.72. The molecule has 0 spiro atoms. The Kier molecular flexibility index (Phi) is 6.61. The van der Waals surface area contributed by atoms with E-state index < -0.39 is 0 Å². The van der Waals surface area contributed by atoms with Gasteiger partial charge in [0.1, 0.15) is 0 Å². The maximum atomic E-state index is 5.68. The maximum absolute atomic E-state index is 5.68. The molecular formula is C15H32N2O. The summed E-state index contributed by atoms with van der Waals surface area (Å²) in [6.07, 6.45) is 1.20. The van der Waals surface area contributed by atoms with E-state index in [0.717, 1.165) is 38.8 Å². The van der Waals surface area contributed by atoms with Gasteiger partial charge in [-0.3, -0.25) is 4.90 Å². The van der Waals surface area contributed by atoms with Crippen LogP contribution in [0.1, 0.15) is 41.0 Å². The first kappa shape index (κ1) is 15.9. The van der Waals surface area contributed by atoms with Crippen molar-refractivity contribution in [3.8, 4) is 0 Å². The first-order valence-corrected chi connectivity index (χ1v) is 7.51. The molecule has 1 unspecified atom stereocenters. The molecule has 0 bridgehead atoms. The lowest BCUT2D eigenvalue weighted by Gasteiger charge is -2.37. The number of hydrogen-bond donors (Lipinski definition) is 1. The van der Waals surface area contributed by atoms with Crippen LogP contribution in [0.4, 0.5) is 0 Å². The molecule has 0 aromatic carbocycles. The molecule has 1 heterocycles. The van der Waals surface area contributed by atoms with Crippen molar-refractivity contribution >= 4 is 0 Å². The van der Waals surface area contributed by atoms with Crippen LogP contribution >= 0.6 is 0 Å². The Bertz CT molecular complexity index is 223. The fourth-order valence-electron chi connectivity index (χ4n) is 2.72. The molecule has 0 aliphatic carbocycles. The predicted octanol–water partition coefficient (Wildman–Crippen LogP) is 2.37. The number of rotatable bonds is 8. The number of nitrogens with zero attached hydrogens (tertiary/aromatic N) is 1. The van der Waals surface area contributed by atoms with Gasteiger partial charge in [-0.15, -0.1) is 0 Å². The van der Waals surface area contributed by atoms with Crippen molar-refractivity contribution in [1.29, 1.82) is 0 Å². The van der Waals surface area contributed by atoms with Gasteiger partial charge < -0.3 is 10.1 Å². The minimum absolute atomic E-state index is 0.329. The van der Waals surface area contributed by atoms with Gasteiger partial charge in [0, 0.05) is 37.7 Å². The Labute approximate surface area is 113 Å². The molecule has 0 saturated carbocycles. The second-order valence-electron chi connectivity index (χ2n) is 6.50. The smallest absolute Gasteiger partial charge is 0.0547 e. The monoisotopic (exact) mass is 256 g/mol. The second kappa shape index (κ2) is 7.46. The summed E-state index contributed by atoms with van der Waals surface area (Å²) >= 11 is 0. The van der Waals surface area contributed by atoms with Crippen LogP contribution in [-0.4, -0.2) is 50.3 Å². The molecule has 0 aromatic rings. The topological polar surface area (TPSA) is 24.5 Å². The van der Waals surface area contributed by atoms with Crippen molar-refractivity contribution in [1.82, 2.24) is 10.2 Å². The SMILES string of the molecule is CCNCC1(CN(CC(C)C)C(C)C)CCOC1. The third kappa shape index (κ3) is 4.87. The highest BCUT2D eigenvalue weighted by atomic mass is 16.5. The normalized spacial score (nSPS) is 24.7. The van der Waals surface area contributed by atoms with E-state index >= 15 is 0 Å². The Morgan fingerprint density at radius 2 is 2.00 bits per heavy atom. The van der Waals surface area contributed by atoms with Crippen molar-refractivity contribution in [3.05, 3.63) is 0 Å². The molecule has 3 heteroatoms. The minimum Gasteiger partial charge on any atom is -0.381 e. The summed E-state index contributed by atoms with van der Waals surface area (Å²) in [5.74, 6) is 0.728. The summed E-state index contributed by atoms with van der Waals surface area (Å²) < 4.78 is 5.68. The first-order valence-electron chi connectivity index (χ1n) is 7.51. The molecule has 3 nitrogen and oxygen atoms in total. The van der Waals surface area contributed by atoms with E-state index in [2.05, 4.69) is 44.8 Å². The fraction of sp³-hybridized carbons (Fsp3) is 1.00. The van der Waals surface area contributed by atoms with Gasteiger partial charge in [-0.05, 0) is 32.7 Å². The lowest BCUT2D eigenvalue weighted by Crippen LogP contribution is -2.48. The molecule has 1 N–H and O–H groups in total. The summed E-state index contributed by atoms with van der Waals surface area (Å²) in [7, 11) is 0. The van der Waals surface area contributed by atoms with Crippen LogP contribution in [-0.2, 0) is 4.74 Å². The first-order chi connectivity index (χ1) is 8.49. The molecule has 0 amide bonds. The molecule has 0 radical (unpaired) electrons. The molecule has 18 heavy (non-hydrogen) atoms. The molecule has 1 fully saturated rings. The highest BCUT2D eigenvalue weighted by Gasteiger charge is 2.36. The van der Waals surface area contributed by atoms with Crippen LogP contribution in [0.15, 0.2) is 0 Å². The lowest BCUT2D eigenvalue weighted by atomic mass is 9.85. The summed E-state index contributed by atoms with van der Waals surface area (Å²) in [6, 6.07) is 0.617. The van der Waals surface area contributed by atoms with E-state index in [4.69, 9.17) is 4.74 Å². The van der Waals surface area contributed by atoms with Gasteiger partial charge in [-0.2, -0.15) is 0 Å². The standard InChI is InChI=1S/C15H32N2O/c1-6-16-10-15(7-8-18-12-15)11-17(14(4)5)9-13(2)3/h13-14,16H,6-12H2,1-5H3. The van der Waals surface area contributed by atoms with E-state index in [1.807, 2.05) is 0 Å². The van der Waals surface area contributed by atoms with E-state index in [1.165, 1.54) is 13.0 Å². The van der Waals surface area contributed by atoms with E-state index in [1.54, 1.807) is 0 Å². The van der Waals surface area contributed by atoms with E-state index in [0.29, 0.717) is 11.5 Å². The average Bonchev–Trinajstić information content (AvgIpc) is 2.74. The minimum atomic E-state index is 0.329. The third-order valence-corrected chi connectivity index (χ3v) is 3.80. The van der Waals surface area contributed by atoms with E-state index in [-0.39, 0.29) is 0 Å². The number of nitrogens with one attached hydrogen (secondary N) is 1. The number of ether oxygens (including phenoxy) is 1. The van der Waals surface area contributed by atoms with Crippen molar-refractivity contribution in [2.24, 2.45) is 11.3 Å². The third-order valence-electron chi connectivity index (χ3n) is 3.80. The summed E-state index contributed by atoms with van der Waals surface area (Å²) in [5, 5.41) is 3.52. The molecule has 108 valence electrons. The van der Waals surface area contributed by atoms with Crippen LogP contribution in [0.3, 0.4) is 0 Å². The second-order valence-corrected chi connectivity index (χ2v) is 6.50. The molecule has 1 aliphatic heterocycles. The highest BCUT2D eigenvalue weighted by Crippen LogP contribution is 2.30. The molecule has 1 atom stereocenters. The quantitative estimate of drug-likeness (QED) is 0.721. The van der Waals surface area contributed by atoms with Crippen molar-refractivity contribution in [3.63, 3.8) is 0 Å². The predicted molar refractivity (Wildman–Crippen MR) is 78.0 cm³/mol. The molecule has 1 rings (SSSR count). The van der Waals surface area contributed by atoms with Crippen molar-refractivity contribution in [2.75, 3.05) is 39.4 Å². The molecule has 0 aromatic heterocycles. The maximum Gasteiger partial charge on any atom is 0.0547 e. The van der Waals surface area contributed by atoms with E-state index in [9.17, 15) is 0 Å². The van der Waals surface area contributed by atoms with Crippen LogP contribution < -0.4 is 5.32 Å². The zero-order valence-corrected chi connectivity index (χ0v) is 13.0. The zero-order valence-electron chi connectivity index (χ0n) is 13.0. The van der Waals surface area contributed by atoms with Crippen LogP contribution in [0.2, 0.25) is 0 Å². The summed E-state index contributed by atoms with van der Waals surface area (Å²) in [6.45, 7) is 17.7. The number of hydrogen-bond acceptors (Lipinski definition) is 3. The summed E-state index contributed by atoms with van der Waals surface area (Å²) in [4.78, 5) is 2.62. The Morgan fingerprint density at radius 3 is 2.44 bits per heavy atom. The van der Waals surface area contributed by atoms with Gasteiger partial charge in [0.15, 0.2) is 0 Å². The van der Waals surface area contributed by atoms with Gasteiger partial charge in [-0.1, -0.05) is 20.8 Å². The molecular weight excluding hydrogens is 224 g/mol. The van der Waals surface area contributed by atoms with Gasteiger partial charge in [0.25, 0.3) is 0 Å². The van der Waals surface area contributed by atoms with Crippen molar-refractivity contribution < 1.29 is 4.74 Å². The molecule has 1 saturated heterocycles. The van der Waals surface area contributed by atoms with Crippen LogP contribution in [0.25, 0.3) is 0 Å². The highest BCUT2D eigenvalue weighted by molar-refractivity contribution is 4.89. The Morgan fingerprint density at radius 1 is 1.28 bits per heavy atom. The van der Waals surface area contributed by atoms with Crippen LogP contribution in [0.5, 0.6) is 0 Å². The van der Waals surface area contributed by atoms with Gasteiger partial charge in [0.2, 0.25) is 0 Å². The largest absolute Gasteiger partial charge is 0.381 e. The lowest BCUT2D eigenvalue weighted by molar-refractivity contribution is 0.0859. The zero-order chi connectivity index (χ0) is 13.6.